The first-order valence-corrected chi connectivity index (χ1v) is 5.21. The molecule has 0 spiro atoms. The molecule has 2 aromatic rings. The number of hydrogen-bond donors (Lipinski definition) is 0. The molecule has 0 N–H and O–H groups in total. The average molecular weight is 224 g/mol. The van der Waals surface area contributed by atoms with E-state index in [-0.39, 0.29) is 11.0 Å². The van der Waals surface area contributed by atoms with Crippen molar-refractivity contribution in [2.45, 2.75) is 19.8 Å². The van der Waals surface area contributed by atoms with E-state index >= 15 is 0 Å². The molecule has 0 aliphatic carbocycles. The zero-order valence-corrected chi connectivity index (χ0v) is 9.35. The van der Waals surface area contributed by atoms with Crippen LogP contribution >= 0.6 is 11.6 Å². The molecular formula is C12H11ClFN. The fourth-order valence-corrected chi connectivity index (χ4v) is 1.84. The van der Waals surface area contributed by atoms with Crippen molar-refractivity contribution >= 4 is 22.4 Å². The van der Waals surface area contributed by atoms with Gasteiger partial charge in [0.2, 0.25) is 0 Å². The highest BCUT2D eigenvalue weighted by molar-refractivity contribution is 6.34. The molecule has 15 heavy (non-hydrogen) atoms. The van der Waals surface area contributed by atoms with Gasteiger partial charge in [-0.2, -0.15) is 0 Å². The molecule has 0 radical (unpaired) electrons. The van der Waals surface area contributed by atoms with Gasteiger partial charge in [0.15, 0.2) is 0 Å². The third-order valence-corrected chi connectivity index (χ3v) is 2.74. The van der Waals surface area contributed by atoms with Gasteiger partial charge in [-0.05, 0) is 29.0 Å². The van der Waals surface area contributed by atoms with Crippen LogP contribution in [0.1, 0.15) is 25.3 Å². The van der Waals surface area contributed by atoms with Crippen molar-refractivity contribution in [3.05, 3.63) is 40.9 Å². The number of hydrogen-bond acceptors (Lipinski definition) is 1. The molecule has 0 aliphatic rings. The molecule has 0 atom stereocenters. The molecule has 1 nitrogen and oxygen atoms in total. The molecule has 0 fully saturated rings. The van der Waals surface area contributed by atoms with Crippen molar-refractivity contribution in [1.29, 1.82) is 0 Å². The SMILES string of the molecule is CC(C)c1cc(F)c2c(Cl)nccc2c1. The van der Waals surface area contributed by atoms with Crippen LogP contribution in [-0.2, 0) is 0 Å². The second kappa shape index (κ2) is 3.78. The van der Waals surface area contributed by atoms with E-state index in [2.05, 4.69) is 4.98 Å². The van der Waals surface area contributed by atoms with Gasteiger partial charge in [0.25, 0.3) is 0 Å². The van der Waals surface area contributed by atoms with Gasteiger partial charge in [0, 0.05) is 6.20 Å². The van der Waals surface area contributed by atoms with Crippen LogP contribution in [0.15, 0.2) is 24.4 Å². The standard InChI is InChI=1S/C12H11ClFN/c1-7(2)9-5-8-3-4-15-12(13)11(8)10(14)6-9/h3-7H,1-2H3. The van der Waals surface area contributed by atoms with E-state index in [1.807, 2.05) is 19.9 Å². The van der Waals surface area contributed by atoms with Crippen LogP contribution in [0.2, 0.25) is 5.15 Å². The number of halogens is 2. The molecule has 78 valence electrons. The van der Waals surface area contributed by atoms with Crippen LogP contribution in [0, 0.1) is 5.82 Å². The van der Waals surface area contributed by atoms with Gasteiger partial charge >= 0.3 is 0 Å². The number of benzene rings is 1. The minimum absolute atomic E-state index is 0.223. The lowest BCUT2D eigenvalue weighted by Gasteiger charge is -2.08. The second-order valence-electron chi connectivity index (χ2n) is 3.86. The van der Waals surface area contributed by atoms with Gasteiger partial charge in [-0.25, -0.2) is 9.37 Å². The summed E-state index contributed by atoms with van der Waals surface area (Å²) >= 11 is 5.84. The largest absolute Gasteiger partial charge is 0.244 e. The highest BCUT2D eigenvalue weighted by Crippen LogP contribution is 2.28. The van der Waals surface area contributed by atoms with Crippen molar-refractivity contribution in [2.24, 2.45) is 0 Å². The van der Waals surface area contributed by atoms with Crippen LogP contribution < -0.4 is 0 Å². The molecule has 0 bridgehead atoms. The number of pyridine rings is 1. The summed E-state index contributed by atoms with van der Waals surface area (Å²) in [6.45, 7) is 4.06. The van der Waals surface area contributed by atoms with Gasteiger partial charge in [0.1, 0.15) is 11.0 Å². The predicted octanol–water partition coefficient (Wildman–Crippen LogP) is 4.15. The van der Waals surface area contributed by atoms with Gasteiger partial charge in [-0.3, -0.25) is 0 Å². The number of nitrogens with zero attached hydrogens (tertiary/aromatic N) is 1. The Morgan fingerprint density at radius 3 is 2.73 bits per heavy atom. The predicted molar refractivity (Wildman–Crippen MR) is 60.8 cm³/mol. The fraction of sp³-hybridized carbons (Fsp3) is 0.250. The molecule has 0 saturated heterocycles. The van der Waals surface area contributed by atoms with Crippen molar-refractivity contribution in [2.75, 3.05) is 0 Å². The Morgan fingerprint density at radius 1 is 1.33 bits per heavy atom. The van der Waals surface area contributed by atoms with Crippen LogP contribution in [0.5, 0.6) is 0 Å². The highest BCUT2D eigenvalue weighted by atomic mass is 35.5. The molecule has 0 saturated carbocycles. The second-order valence-corrected chi connectivity index (χ2v) is 4.22. The van der Waals surface area contributed by atoms with Gasteiger partial charge in [-0.15, -0.1) is 0 Å². The lowest BCUT2D eigenvalue weighted by molar-refractivity contribution is 0.635. The summed E-state index contributed by atoms with van der Waals surface area (Å²) < 4.78 is 13.7. The third kappa shape index (κ3) is 1.82. The fourth-order valence-electron chi connectivity index (χ4n) is 1.58. The Bertz CT molecular complexity index is 508. The maximum absolute atomic E-state index is 13.7. The number of fused-ring (bicyclic) bond motifs is 1. The summed E-state index contributed by atoms with van der Waals surface area (Å²) in [4.78, 5) is 3.87. The Balaban J connectivity index is 2.78. The maximum Gasteiger partial charge on any atom is 0.139 e. The molecular weight excluding hydrogens is 213 g/mol. The van der Waals surface area contributed by atoms with Gasteiger partial charge < -0.3 is 0 Å². The van der Waals surface area contributed by atoms with Crippen LogP contribution in [0.25, 0.3) is 10.8 Å². The Labute approximate surface area is 92.9 Å². The zero-order valence-electron chi connectivity index (χ0n) is 8.59. The minimum atomic E-state index is -0.297. The molecule has 3 heteroatoms. The number of rotatable bonds is 1. The molecule has 0 unspecified atom stereocenters. The summed E-state index contributed by atoms with van der Waals surface area (Å²) in [7, 11) is 0. The Morgan fingerprint density at radius 2 is 2.07 bits per heavy atom. The topological polar surface area (TPSA) is 12.9 Å². The van der Waals surface area contributed by atoms with E-state index in [4.69, 9.17) is 11.6 Å². The molecule has 0 amide bonds. The van der Waals surface area contributed by atoms with Crippen molar-refractivity contribution in [1.82, 2.24) is 4.98 Å². The van der Waals surface area contributed by atoms with Crippen molar-refractivity contribution in [3.8, 4) is 0 Å². The average Bonchev–Trinajstić information content (AvgIpc) is 2.17. The van der Waals surface area contributed by atoms with Crippen LogP contribution in [0.4, 0.5) is 4.39 Å². The molecule has 1 heterocycles. The summed E-state index contributed by atoms with van der Waals surface area (Å²) in [5.41, 5.74) is 0.974. The highest BCUT2D eigenvalue weighted by Gasteiger charge is 2.09. The van der Waals surface area contributed by atoms with E-state index in [1.165, 1.54) is 6.07 Å². The smallest absolute Gasteiger partial charge is 0.139 e. The van der Waals surface area contributed by atoms with E-state index in [9.17, 15) is 4.39 Å². The first-order chi connectivity index (χ1) is 7.09. The Kier molecular flexibility index (Phi) is 2.61. The maximum atomic E-state index is 13.7. The third-order valence-electron chi connectivity index (χ3n) is 2.46. The molecule has 0 aliphatic heterocycles. The van der Waals surface area contributed by atoms with E-state index in [0.29, 0.717) is 11.3 Å². The summed E-state index contributed by atoms with van der Waals surface area (Å²) in [5, 5.41) is 1.43. The van der Waals surface area contributed by atoms with E-state index in [1.54, 1.807) is 12.3 Å². The lowest BCUT2D eigenvalue weighted by Crippen LogP contribution is -1.91. The van der Waals surface area contributed by atoms with Gasteiger partial charge in [-0.1, -0.05) is 31.5 Å². The normalized spacial score (nSPS) is 11.3. The lowest BCUT2D eigenvalue weighted by atomic mass is 10.00. The quantitative estimate of drug-likeness (QED) is 0.662. The van der Waals surface area contributed by atoms with Gasteiger partial charge in [0.05, 0.1) is 5.39 Å². The number of aromatic nitrogens is 1. The van der Waals surface area contributed by atoms with Crippen LogP contribution in [-0.4, -0.2) is 4.98 Å². The summed E-state index contributed by atoms with van der Waals surface area (Å²) in [6.07, 6.45) is 1.59. The summed E-state index contributed by atoms with van der Waals surface area (Å²) in [5.74, 6) is 0.00476. The monoisotopic (exact) mass is 223 g/mol. The molecule has 2 rings (SSSR count). The molecule has 1 aromatic heterocycles. The summed E-state index contributed by atoms with van der Waals surface area (Å²) in [6, 6.07) is 5.26. The minimum Gasteiger partial charge on any atom is -0.244 e. The van der Waals surface area contributed by atoms with Crippen molar-refractivity contribution in [3.63, 3.8) is 0 Å². The first-order valence-electron chi connectivity index (χ1n) is 4.83. The van der Waals surface area contributed by atoms with Crippen LogP contribution in [0.3, 0.4) is 0 Å². The van der Waals surface area contributed by atoms with Crippen molar-refractivity contribution < 1.29 is 4.39 Å². The van der Waals surface area contributed by atoms with E-state index in [0.717, 1.165) is 10.9 Å². The first kappa shape index (κ1) is 10.4. The van der Waals surface area contributed by atoms with E-state index < -0.39 is 0 Å². The molecule has 1 aromatic carbocycles. The Hall–Kier alpha value is -1.15. The zero-order chi connectivity index (χ0) is 11.0.